The molecule has 0 spiro atoms. The maximum Gasteiger partial charge on any atom is 0.308 e. The fourth-order valence-corrected chi connectivity index (χ4v) is 1.25. The maximum absolute atomic E-state index is 13.1. The van der Waals surface area contributed by atoms with Crippen LogP contribution in [0.1, 0.15) is 18.5 Å². The molecule has 3 N–H and O–H groups in total. The molecule has 0 fully saturated rings. The summed E-state index contributed by atoms with van der Waals surface area (Å²) in [7, 11) is 0. The van der Waals surface area contributed by atoms with Crippen LogP contribution in [-0.2, 0) is 4.79 Å². The van der Waals surface area contributed by atoms with Crippen molar-refractivity contribution in [1.29, 1.82) is 0 Å². The molecular weight excluding hydrogens is 268 g/mol. The highest BCUT2D eigenvalue weighted by molar-refractivity contribution is 5.85. The number of ether oxygens (including phenoxy) is 1. The largest absolute Gasteiger partial charge is 0.427 e. The number of nitrogens with two attached hydrogens (primary N) is 1. The molecule has 0 aromatic heterocycles. The van der Waals surface area contributed by atoms with Crippen LogP contribution in [0.5, 0.6) is 5.75 Å². The van der Waals surface area contributed by atoms with Crippen molar-refractivity contribution in [3.8, 4) is 5.75 Å². The summed E-state index contributed by atoms with van der Waals surface area (Å²) in [6, 6.07) is 3.78. The van der Waals surface area contributed by atoms with E-state index in [0.717, 1.165) is 0 Å². The van der Waals surface area contributed by atoms with Crippen molar-refractivity contribution in [3.05, 3.63) is 29.8 Å². The third kappa shape index (κ3) is 4.21. The van der Waals surface area contributed by atoms with E-state index in [1.165, 1.54) is 31.2 Å². The summed E-state index contributed by atoms with van der Waals surface area (Å²) in [4.78, 5) is 10.6. The summed E-state index contributed by atoms with van der Waals surface area (Å²) >= 11 is 0. The van der Waals surface area contributed by atoms with Gasteiger partial charge in [-0.3, -0.25) is 4.79 Å². The van der Waals surface area contributed by atoms with Crippen LogP contribution in [0.3, 0.4) is 0 Å². The van der Waals surface area contributed by atoms with Gasteiger partial charge in [-0.15, -0.1) is 12.4 Å². The van der Waals surface area contributed by atoms with E-state index in [-0.39, 0.29) is 23.7 Å². The van der Waals surface area contributed by atoms with Crippen molar-refractivity contribution in [3.63, 3.8) is 0 Å². The number of benzene rings is 1. The summed E-state index contributed by atoms with van der Waals surface area (Å²) < 4.78 is 30.9. The van der Waals surface area contributed by atoms with Crippen LogP contribution < -0.4 is 10.5 Å². The van der Waals surface area contributed by atoms with Crippen LogP contribution in [0.4, 0.5) is 8.78 Å². The molecule has 1 aromatic carbocycles. The van der Waals surface area contributed by atoms with Crippen molar-refractivity contribution >= 4 is 18.4 Å². The van der Waals surface area contributed by atoms with Gasteiger partial charge in [0.05, 0.1) is 6.04 Å². The van der Waals surface area contributed by atoms with Gasteiger partial charge in [-0.05, 0) is 17.7 Å². The van der Waals surface area contributed by atoms with E-state index in [9.17, 15) is 13.6 Å². The minimum atomic E-state index is -3.39. The van der Waals surface area contributed by atoms with Gasteiger partial charge in [0.1, 0.15) is 12.4 Å². The SMILES string of the molecule is CC(=O)Oc1ccc([C@H](N)C(F)(F)CO)cc1.Cl. The maximum atomic E-state index is 13.1. The molecule has 0 unspecified atom stereocenters. The van der Waals surface area contributed by atoms with Crippen LogP contribution in [0.25, 0.3) is 0 Å². The number of esters is 1. The molecule has 102 valence electrons. The first-order valence-corrected chi connectivity index (χ1v) is 4.89. The monoisotopic (exact) mass is 281 g/mol. The highest BCUT2D eigenvalue weighted by atomic mass is 35.5. The average molecular weight is 282 g/mol. The minimum Gasteiger partial charge on any atom is -0.427 e. The van der Waals surface area contributed by atoms with E-state index >= 15 is 0 Å². The van der Waals surface area contributed by atoms with Gasteiger partial charge in [-0.2, -0.15) is 0 Å². The second-order valence-corrected chi connectivity index (χ2v) is 3.56. The van der Waals surface area contributed by atoms with Crippen molar-refractivity contribution < 1.29 is 23.4 Å². The van der Waals surface area contributed by atoms with Gasteiger partial charge < -0.3 is 15.6 Å². The molecule has 0 saturated heterocycles. The fraction of sp³-hybridized carbons (Fsp3) is 0.364. The lowest BCUT2D eigenvalue weighted by atomic mass is 10.0. The number of aliphatic hydroxyl groups is 1. The molecule has 0 radical (unpaired) electrons. The number of rotatable bonds is 4. The Morgan fingerprint density at radius 3 is 2.33 bits per heavy atom. The van der Waals surface area contributed by atoms with Crippen LogP contribution in [0.15, 0.2) is 24.3 Å². The van der Waals surface area contributed by atoms with Gasteiger partial charge in [0.15, 0.2) is 0 Å². The molecule has 0 saturated carbocycles. The second kappa shape index (κ2) is 6.63. The first-order valence-electron chi connectivity index (χ1n) is 4.89. The number of hydrogen-bond donors (Lipinski definition) is 2. The molecule has 0 heterocycles. The number of halogens is 3. The lowest BCUT2D eigenvalue weighted by Gasteiger charge is -2.21. The zero-order chi connectivity index (χ0) is 13.1. The summed E-state index contributed by atoms with van der Waals surface area (Å²) in [5.74, 6) is -3.63. The molecule has 7 heteroatoms. The van der Waals surface area contributed by atoms with Gasteiger partial charge in [-0.1, -0.05) is 12.1 Å². The van der Waals surface area contributed by atoms with Crippen LogP contribution in [0.2, 0.25) is 0 Å². The molecule has 1 rings (SSSR count). The number of alkyl halides is 2. The topological polar surface area (TPSA) is 72.5 Å². The third-order valence-electron chi connectivity index (χ3n) is 2.17. The Labute approximate surface area is 109 Å². The van der Waals surface area contributed by atoms with E-state index in [1.807, 2.05) is 0 Å². The van der Waals surface area contributed by atoms with E-state index < -0.39 is 24.5 Å². The van der Waals surface area contributed by atoms with Gasteiger partial charge in [0.2, 0.25) is 0 Å². The predicted molar refractivity (Wildman–Crippen MR) is 64.0 cm³/mol. The van der Waals surface area contributed by atoms with E-state index in [2.05, 4.69) is 0 Å². The Balaban J connectivity index is 0.00000289. The molecular formula is C11H14ClF2NO3. The van der Waals surface area contributed by atoms with Crippen LogP contribution >= 0.6 is 12.4 Å². The second-order valence-electron chi connectivity index (χ2n) is 3.56. The molecule has 1 aromatic rings. The van der Waals surface area contributed by atoms with Crippen molar-refractivity contribution in [2.75, 3.05) is 6.61 Å². The summed E-state index contributed by atoms with van der Waals surface area (Å²) in [6.07, 6.45) is 0. The number of hydrogen-bond acceptors (Lipinski definition) is 4. The van der Waals surface area contributed by atoms with Gasteiger partial charge >= 0.3 is 5.97 Å². The zero-order valence-electron chi connectivity index (χ0n) is 9.60. The quantitative estimate of drug-likeness (QED) is 0.650. The molecule has 1 atom stereocenters. The van der Waals surface area contributed by atoms with Gasteiger partial charge in [0.25, 0.3) is 5.92 Å². The predicted octanol–water partition coefficient (Wildman–Crippen LogP) is 1.66. The summed E-state index contributed by atoms with van der Waals surface area (Å²) in [6.45, 7) is -0.0839. The number of carbonyl (C=O) groups is 1. The molecule has 0 bridgehead atoms. The first kappa shape index (κ1) is 16.8. The Bertz CT molecular complexity index is 398. The first-order chi connectivity index (χ1) is 7.86. The Morgan fingerprint density at radius 2 is 1.94 bits per heavy atom. The number of aliphatic hydroxyl groups excluding tert-OH is 1. The molecule has 18 heavy (non-hydrogen) atoms. The molecule has 4 nitrogen and oxygen atoms in total. The fourth-order valence-electron chi connectivity index (χ4n) is 1.25. The molecule has 0 aliphatic heterocycles. The Kier molecular flexibility index (Phi) is 6.17. The highest BCUT2D eigenvalue weighted by Crippen LogP contribution is 2.29. The zero-order valence-corrected chi connectivity index (χ0v) is 10.4. The van der Waals surface area contributed by atoms with Gasteiger partial charge in [-0.25, -0.2) is 8.78 Å². The van der Waals surface area contributed by atoms with Gasteiger partial charge in [0, 0.05) is 6.92 Å². The highest BCUT2D eigenvalue weighted by Gasteiger charge is 2.37. The van der Waals surface area contributed by atoms with E-state index in [1.54, 1.807) is 0 Å². The molecule has 0 aliphatic carbocycles. The summed E-state index contributed by atoms with van der Waals surface area (Å²) in [5.41, 5.74) is 5.47. The lowest BCUT2D eigenvalue weighted by Crippen LogP contribution is -2.36. The van der Waals surface area contributed by atoms with E-state index in [0.29, 0.717) is 0 Å². The lowest BCUT2D eigenvalue weighted by molar-refractivity contribution is -0.131. The Morgan fingerprint density at radius 1 is 1.44 bits per heavy atom. The standard InChI is InChI=1S/C11H13F2NO3.ClH/c1-7(16)17-9-4-2-8(3-5-9)10(14)11(12,13)6-15;/h2-5,10,15H,6,14H2,1H3;1H/t10-;/m0./s1. The summed E-state index contributed by atoms with van der Waals surface area (Å²) in [5, 5.41) is 8.50. The number of carbonyl (C=O) groups excluding carboxylic acids is 1. The average Bonchev–Trinajstić information content (AvgIpc) is 2.28. The van der Waals surface area contributed by atoms with Crippen molar-refractivity contribution in [1.82, 2.24) is 0 Å². The van der Waals surface area contributed by atoms with Crippen molar-refractivity contribution in [2.45, 2.75) is 18.9 Å². The normalized spacial score (nSPS) is 12.5. The minimum absolute atomic E-state index is 0. The van der Waals surface area contributed by atoms with Crippen LogP contribution in [0, 0.1) is 0 Å². The Hall–Kier alpha value is -1.24. The third-order valence-corrected chi connectivity index (χ3v) is 2.17. The van der Waals surface area contributed by atoms with E-state index in [4.69, 9.17) is 15.6 Å². The molecule has 0 amide bonds. The smallest absolute Gasteiger partial charge is 0.308 e. The van der Waals surface area contributed by atoms with Crippen LogP contribution in [-0.4, -0.2) is 23.6 Å². The molecule has 0 aliphatic rings. The van der Waals surface area contributed by atoms with Crippen molar-refractivity contribution in [2.24, 2.45) is 5.73 Å².